The van der Waals surface area contributed by atoms with Crippen molar-refractivity contribution in [2.75, 3.05) is 0 Å². The molecule has 0 saturated carbocycles. The zero-order valence-electron chi connectivity index (χ0n) is 3.55. The highest BCUT2D eigenvalue weighted by Crippen LogP contribution is 2.07. The minimum Gasteiger partial charge on any atom is -0.290 e. The molecular formula is C4H3O2P. The smallest absolute Gasteiger partial charge is 0.246 e. The van der Waals surface area contributed by atoms with Gasteiger partial charge in [-0.2, -0.15) is 0 Å². The first kappa shape index (κ1) is 4.66. The van der Waals surface area contributed by atoms with Crippen LogP contribution in [0, 0.1) is 0 Å². The highest BCUT2D eigenvalue weighted by atomic mass is 31.1. The zero-order valence-corrected chi connectivity index (χ0v) is 4.44. The first-order valence-electron chi connectivity index (χ1n) is 1.90. The summed E-state index contributed by atoms with van der Waals surface area (Å²) >= 11 is 0. The fourth-order valence-corrected chi connectivity index (χ4v) is 1.03. The van der Waals surface area contributed by atoms with Gasteiger partial charge in [0, 0.05) is 6.42 Å². The molecule has 0 amide bonds. The molecule has 3 heteroatoms. The van der Waals surface area contributed by atoms with Gasteiger partial charge in [0.25, 0.3) is 0 Å². The van der Waals surface area contributed by atoms with E-state index < -0.39 is 0 Å². The Hall–Kier alpha value is -0.490. The predicted molar refractivity (Wildman–Crippen MR) is 27.6 cm³/mol. The van der Waals surface area contributed by atoms with Gasteiger partial charge >= 0.3 is 0 Å². The van der Waals surface area contributed by atoms with Crippen LogP contribution in [0.3, 0.4) is 0 Å². The van der Waals surface area contributed by atoms with Crippen LogP contribution in [0.5, 0.6) is 0 Å². The van der Waals surface area contributed by atoms with Gasteiger partial charge in [0.2, 0.25) is 11.3 Å². The number of rotatable bonds is 0. The van der Waals surface area contributed by atoms with Crippen LogP contribution in [0.1, 0.15) is 6.42 Å². The zero-order chi connectivity index (χ0) is 5.28. The summed E-state index contributed by atoms with van der Waals surface area (Å²) in [7, 11) is 0.571. The molecule has 0 aromatic carbocycles. The van der Waals surface area contributed by atoms with Gasteiger partial charge in [0.05, 0.1) is 0 Å². The molecule has 0 N–H and O–H groups in total. The molecule has 0 atom stereocenters. The van der Waals surface area contributed by atoms with Gasteiger partial charge in [-0.05, 0) is 14.0 Å². The van der Waals surface area contributed by atoms with Gasteiger partial charge < -0.3 is 0 Å². The standard InChI is InChI=1S/C4H3O2P/c5-3-1-2-7-4(3)6/h2H,1H2. The summed E-state index contributed by atoms with van der Waals surface area (Å²) in [5.41, 5.74) is -0.264. The minimum absolute atomic E-state index is 0.248. The third-order valence-corrected chi connectivity index (χ3v) is 1.57. The summed E-state index contributed by atoms with van der Waals surface area (Å²) < 4.78 is 0. The molecule has 0 saturated heterocycles. The quantitative estimate of drug-likeness (QED) is 0.333. The van der Waals surface area contributed by atoms with Crippen molar-refractivity contribution in [1.82, 2.24) is 0 Å². The molecule has 1 aliphatic rings. The van der Waals surface area contributed by atoms with Crippen molar-refractivity contribution in [2.45, 2.75) is 6.42 Å². The summed E-state index contributed by atoms with van der Waals surface area (Å²) in [4.78, 5) is 20.4. The lowest BCUT2D eigenvalue weighted by Crippen LogP contribution is -1.99. The van der Waals surface area contributed by atoms with Crippen molar-refractivity contribution in [3.05, 3.63) is 0 Å². The van der Waals surface area contributed by atoms with Crippen molar-refractivity contribution in [3.63, 3.8) is 0 Å². The second-order valence-corrected chi connectivity index (χ2v) is 2.27. The molecule has 7 heavy (non-hydrogen) atoms. The minimum atomic E-state index is -0.264. The lowest BCUT2D eigenvalue weighted by atomic mass is 10.3. The van der Waals surface area contributed by atoms with E-state index in [9.17, 15) is 9.59 Å². The fraction of sp³-hybridized carbons (Fsp3) is 0.250. The lowest BCUT2D eigenvalue weighted by Gasteiger charge is -1.72. The second kappa shape index (κ2) is 1.55. The Morgan fingerprint density at radius 1 is 1.57 bits per heavy atom. The molecule has 0 bridgehead atoms. The molecule has 2 nitrogen and oxygen atoms in total. The molecule has 1 rings (SSSR count). The molecule has 0 fully saturated rings. The maximum absolute atomic E-state index is 10.2. The molecule has 0 unspecified atom stereocenters. The van der Waals surface area contributed by atoms with Crippen LogP contribution in [-0.2, 0) is 9.59 Å². The Morgan fingerprint density at radius 2 is 2.29 bits per heavy atom. The van der Waals surface area contributed by atoms with Gasteiger partial charge in [-0.3, -0.25) is 9.59 Å². The number of Topliss-reactive ketones (excluding diaryl/α,β-unsaturated/α-hetero) is 1. The van der Waals surface area contributed by atoms with E-state index in [-0.39, 0.29) is 11.3 Å². The molecule has 1 heterocycles. The number of ketones is 1. The Labute approximate surface area is 42.3 Å². The van der Waals surface area contributed by atoms with E-state index in [1.165, 1.54) is 0 Å². The van der Waals surface area contributed by atoms with Crippen LogP contribution in [-0.4, -0.2) is 17.1 Å². The Bertz CT molecular complexity index is 148. The van der Waals surface area contributed by atoms with Crippen molar-refractivity contribution in [1.29, 1.82) is 0 Å². The maximum Gasteiger partial charge on any atom is 0.246 e. The average Bonchev–Trinajstić information content (AvgIpc) is 1.91. The lowest BCUT2D eigenvalue weighted by molar-refractivity contribution is -0.130. The van der Waals surface area contributed by atoms with Gasteiger partial charge in [0.15, 0.2) is 0 Å². The van der Waals surface area contributed by atoms with Crippen LogP contribution >= 0.6 is 8.20 Å². The normalized spacial score (nSPS) is 21.1. The van der Waals surface area contributed by atoms with Crippen LogP contribution in [0.4, 0.5) is 0 Å². The van der Waals surface area contributed by atoms with E-state index in [1.807, 2.05) is 0 Å². The third-order valence-electron chi connectivity index (χ3n) is 0.724. The first-order chi connectivity index (χ1) is 3.30. The van der Waals surface area contributed by atoms with Crippen molar-refractivity contribution in [3.8, 4) is 0 Å². The van der Waals surface area contributed by atoms with E-state index in [0.717, 1.165) is 0 Å². The van der Waals surface area contributed by atoms with Gasteiger partial charge in [-0.15, -0.1) is 0 Å². The van der Waals surface area contributed by atoms with E-state index in [2.05, 4.69) is 0 Å². The van der Waals surface area contributed by atoms with Gasteiger partial charge in [0.1, 0.15) is 0 Å². The van der Waals surface area contributed by atoms with Crippen LogP contribution in [0.15, 0.2) is 0 Å². The fourth-order valence-electron chi connectivity index (χ4n) is 0.371. The van der Waals surface area contributed by atoms with E-state index >= 15 is 0 Å². The van der Waals surface area contributed by atoms with Gasteiger partial charge in [-0.1, -0.05) is 0 Å². The topological polar surface area (TPSA) is 34.1 Å². The predicted octanol–water partition coefficient (Wildman–Crippen LogP) is 0.234. The van der Waals surface area contributed by atoms with Crippen molar-refractivity contribution < 1.29 is 9.59 Å². The summed E-state index contributed by atoms with van der Waals surface area (Å²) in [5, 5.41) is 0. The van der Waals surface area contributed by atoms with E-state index in [1.54, 1.807) is 5.80 Å². The molecule has 0 aliphatic carbocycles. The second-order valence-electron chi connectivity index (χ2n) is 1.24. The Balaban J connectivity index is 2.81. The third kappa shape index (κ3) is 0.751. The number of hydrogen-bond donors (Lipinski definition) is 0. The Morgan fingerprint density at radius 3 is 2.43 bits per heavy atom. The monoisotopic (exact) mass is 114 g/mol. The summed E-state index contributed by atoms with van der Waals surface area (Å²) in [6, 6.07) is 0. The van der Waals surface area contributed by atoms with Crippen molar-refractivity contribution >= 4 is 25.3 Å². The maximum atomic E-state index is 10.2. The highest BCUT2D eigenvalue weighted by molar-refractivity contribution is 7.62. The van der Waals surface area contributed by atoms with E-state index in [4.69, 9.17) is 0 Å². The van der Waals surface area contributed by atoms with Crippen LogP contribution in [0.25, 0.3) is 0 Å². The molecular weight excluding hydrogens is 111 g/mol. The number of carbonyl (C=O) groups excluding carboxylic acids is 2. The van der Waals surface area contributed by atoms with Gasteiger partial charge in [-0.25, -0.2) is 0 Å². The molecule has 0 aromatic rings. The largest absolute Gasteiger partial charge is 0.290 e. The molecule has 1 aliphatic heterocycles. The molecule has 0 radical (unpaired) electrons. The van der Waals surface area contributed by atoms with Crippen LogP contribution < -0.4 is 0 Å². The van der Waals surface area contributed by atoms with Crippen LogP contribution in [0.2, 0.25) is 0 Å². The van der Waals surface area contributed by atoms with Crippen molar-refractivity contribution in [2.24, 2.45) is 0 Å². The first-order valence-corrected chi connectivity index (χ1v) is 2.87. The highest BCUT2D eigenvalue weighted by Gasteiger charge is 2.13. The Kier molecular flexibility index (Phi) is 1.03. The number of hydrogen-bond acceptors (Lipinski definition) is 2. The summed E-state index contributed by atoms with van der Waals surface area (Å²) in [6.07, 6.45) is 0.348. The summed E-state index contributed by atoms with van der Waals surface area (Å²) in [5.74, 6) is 1.42. The molecule has 36 valence electrons. The molecule has 0 spiro atoms. The SMILES string of the molecule is O=C1CC=PC1=O. The average molecular weight is 114 g/mol. The summed E-state index contributed by atoms with van der Waals surface area (Å²) in [6.45, 7) is 0. The van der Waals surface area contributed by atoms with E-state index in [0.29, 0.717) is 14.6 Å². The number of carbonyl (C=O) groups is 2. The molecule has 0 aromatic heterocycles.